The Kier molecular flexibility index (Phi) is 6.84. The maximum absolute atomic E-state index is 13.4. The van der Waals surface area contributed by atoms with E-state index in [0.29, 0.717) is 28.0 Å². The molecule has 2 aliphatic carbocycles. The summed E-state index contributed by atoms with van der Waals surface area (Å²) in [6.07, 6.45) is 0.714. The first kappa shape index (κ1) is 27.8. The number of benzene rings is 2. The number of thioether (sulfide) groups is 1. The van der Waals surface area contributed by atoms with Crippen molar-refractivity contribution >= 4 is 64.1 Å². The standard InChI is InChI=1S/C29H24Cl2N2O7S2/c1-39-18-6-11(3-5-17(18)40-10-12-2-4-13(30)7-16(12)31)20-21-14-8-15(24(21)41-26-25(20)42-29(38)32-26)23-22(14)27(36)33(28(23)37)9-19(34)35/h2-7,14-15,20-24H,8-10H2,1H3,(H,32,38)(H,34,35)/t14?,15?,20-,21?,22?,23?,24?/m1/s1. The Morgan fingerprint density at radius 3 is 2.55 bits per heavy atom. The zero-order chi connectivity index (χ0) is 29.4. The van der Waals surface area contributed by atoms with E-state index in [9.17, 15) is 24.3 Å². The molecule has 3 fully saturated rings. The lowest BCUT2D eigenvalue weighted by Gasteiger charge is -2.43. The molecular formula is C29H24Cl2N2O7S2. The number of hydrogen-bond donors (Lipinski definition) is 2. The normalized spacial score (nSPS) is 28.9. The number of amides is 2. The lowest BCUT2D eigenvalue weighted by Crippen LogP contribution is -2.42. The van der Waals surface area contributed by atoms with Crippen LogP contribution in [-0.2, 0) is 21.0 Å². The fraction of sp³-hybridized carbons (Fsp3) is 0.379. The van der Waals surface area contributed by atoms with Crippen molar-refractivity contribution in [1.29, 1.82) is 0 Å². The molecule has 7 atom stereocenters. The fourth-order valence-corrected chi connectivity index (χ4v) is 10.9. The summed E-state index contributed by atoms with van der Waals surface area (Å²) in [7, 11) is 1.56. The molecule has 13 heteroatoms. The number of fused-ring (bicyclic) bond motifs is 9. The molecule has 0 spiro atoms. The van der Waals surface area contributed by atoms with Crippen LogP contribution in [0.1, 0.15) is 28.3 Å². The van der Waals surface area contributed by atoms with Crippen LogP contribution in [0.5, 0.6) is 11.5 Å². The van der Waals surface area contributed by atoms with Crippen molar-refractivity contribution in [3.63, 3.8) is 0 Å². The van der Waals surface area contributed by atoms with Crippen molar-refractivity contribution in [2.24, 2.45) is 29.6 Å². The molecule has 2 N–H and O–H groups in total. The third-order valence-corrected chi connectivity index (χ3v) is 12.2. The van der Waals surface area contributed by atoms with Gasteiger partial charge in [0, 0.05) is 31.7 Å². The number of aromatic amines is 1. The topological polar surface area (TPSA) is 126 Å². The first-order chi connectivity index (χ1) is 20.2. The quantitative estimate of drug-likeness (QED) is 0.348. The molecule has 2 aliphatic heterocycles. The number of nitrogens with one attached hydrogen (secondary N) is 1. The highest BCUT2D eigenvalue weighted by molar-refractivity contribution is 8.00. The number of thiazole rings is 1. The summed E-state index contributed by atoms with van der Waals surface area (Å²) in [5.41, 5.74) is 1.68. The van der Waals surface area contributed by atoms with Gasteiger partial charge in [-0.05, 0) is 54.0 Å². The number of carboxylic acid groups (broad SMARTS) is 1. The van der Waals surface area contributed by atoms with Gasteiger partial charge in [0.15, 0.2) is 11.5 Å². The highest BCUT2D eigenvalue weighted by Gasteiger charge is 2.69. The van der Waals surface area contributed by atoms with Crippen LogP contribution in [0.3, 0.4) is 0 Å². The number of aliphatic carboxylic acids is 1. The highest BCUT2D eigenvalue weighted by Crippen LogP contribution is 2.68. The van der Waals surface area contributed by atoms with Gasteiger partial charge in [0.2, 0.25) is 11.8 Å². The number of H-pyrrole nitrogens is 1. The minimum Gasteiger partial charge on any atom is -0.493 e. The molecule has 1 saturated heterocycles. The van der Waals surface area contributed by atoms with E-state index in [1.165, 1.54) is 0 Å². The lowest BCUT2D eigenvalue weighted by atomic mass is 9.68. The molecule has 6 unspecified atom stereocenters. The van der Waals surface area contributed by atoms with Gasteiger partial charge in [-0.1, -0.05) is 46.7 Å². The third kappa shape index (κ3) is 4.27. The largest absolute Gasteiger partial charge is 0.493 e. The number of methoxy groups -OCH3 is 1. The minimum absolute atomic E-state index is 0.00510. The summed E-state index contributed by atoms with van der Waals surface area (Å²) in [5.74, 6) is -2.45. The molecule has 2 aromatic carbocycles. The Balaban J connectivity index is 1.24. The van der Waals surface area contributed by atoms with Gasteiger partial charge in [-0.3, -0.25) is 24.1 Å². The van der Waals surface area contributed by atoms with Crippen LogP contribution in [0.25, 0.3) is 0 Å². The van der Waals surface area contributed by atoms with Crippen LogP contribution in [0.15, 0.2) is 46.2 Å². The van der Waals surface area contributed by atoms with E-state index < -0.39 is 30.3 Å². The van der Waals surface area contributed by atoms with Gasteiger partial charge in [0.1, 0.15) is 13.2 Å². The summed E-state index contributed by atoms with van der Waals surface area (Å²) in [4.78, 5) is 55.2. The van der Waals surface area contributed by atoms with Gasteiger partial charge >= 0.3 is 10.8 Å². The molecule has 9 nitrogen and oxygen atoms in total. The molecule has 42 heavy (non-hydrogen) atoms. The predicted molar refractivity (Wildman–Crippen MR) is 157 cm³/mol. The summed E-state index contributed by atoms with van der Waals surface area (Å²) < 4.78 is 11.8. The molecule has 3 aromatic rings. The van der Waals surface area contributed by atoms with Crippen LogP contribution in [0, 0.1) is 29.6 Å². The smallest absolute Gasteiger partial charge is 0.323 e. The third-order valence-electron chi connectivity index (χ3n) is 9.05. The Labute approximate surface area is 258 Å². The maximum Gasteiger partial charge on any atom is 0.323 e. The summed E-state index contributed by atoms with van der Waals surface area (Å²) >= 11 is 15.1. The Hall–Kier alpha value is -2.99. The number of aromatic nitrogens is 1. The summed E-state index contributed by atoms with van der Waals surface area (Å²) in [5, 5.41) is 11.1. The van der Waals surface area contributed by atoms with E-state index in [4.69, 9.17) is 32.7 Å². The molecule has 4 aliphatic rings. The predicted octanol–water partition coefficient (Wildman–Crippen LogP) is 4.89. The molecule has 2 amide bonds. The molecule has 1 aromatic heterocycles. The van der Waals surface area contributed by atoms with Crippen molar-refractivity contribution in [3.8, 4) is 11.5 Å². The monoisotopic (exact) mass is 646 g/mol. The Morgan fingerprint density at radius 1 is 1.07 bits per heavy atom. The van der Waals surface area contributed by atoms with E-state index >= 15 is 0 Å². The number of likely N-dealkylation sites (tertiary alicyclic amines) is 1. The molecule has 3 heterocycles. The zero-order valence-corrected chi connectivity index (χ0v) is 25.2. The van der Waals surface area contributed by atoms with Crippen molar-refractivity contribution in [2.75, 3.05) is 13.7 Å². The summed E-state index contributed by atoms with van der Waals surface area (Å²) in [6, 6.07) is 10.9. The van der Waals surface area contributed by atoms with Crippen molar-refractivity contribution in [3.05, 3.63) is 72.1 Å². The van der Waals surface area contributed by atoms with Crippen LogP contribution >= 0.6 is 46.3 Å². The van der Waals surface area contributed by atoms with Gasteiger partial charge in [-0.15, -0.1) is 11.8 Å². The average molecular weight is 648 g/mol. The number of imide groups is 1. The van der Waals surface area contributed by atoms with Gasteiger partial charge in [-0.2, -0.15) is 0 Å². The van der Waals surface area contributed by atoms with Crippen LogP contribution < -0.4 is 14.3 Å². The van der Waals surface area contributed by atoms with Crippen LogP contribution in [0.4, 0.5) is 0 Å². The molecule has 2 saturated carbocycles. The summed E-state index contributed by atoms with van der Waals surface area (Å²) in [6.45, 7) is -0.410. The number of ether oxygens (including phenoxy) is 2. The van der Waals surface area contributed by atoms with Gasteiger partial charge in [-0.25, -0.2) is 0 Å². The molecule has 7 rings (SSSR count). The van der Waals surface area contributed by atoms with Crippen molar-refractivity contribution in [1.82, 2.24) is 9.88 Å². The van der Waals surface area contributed by atoms with Gasteiger partial charge < -0.3 is 19.6 Å². The molecular weight excluding hydrogens is 623 g/mol. The molecule has 0 radical (unpaired) electrons. The SMILES string of the molecule is COc1cc([C@H]2c3sc(=O)[nH]c3SC3C4CC(C5C(=O)N(CC(=O)O)C(=O)C45)C32)ccc1OCc1ccc(Cl)cc1Cl. The Bertz CT molecular complexity index is 1710. The van der Waals surface area contributed by atoms with Gasteiger partial charge in [0.05, 0.1) is 24.0 Å². The second-order valence-corrected chi connectivity index (χ2v) is 14.1. The first-order valence-corrected chi connectivity index (χ1v) is 15.8. The lowest BCUT2D eigenvalue weighted by molar-refractivity contribution is -0.149. The molecule has 2 bridgehead atoms. The number of carbonyl (C=O) groups is 3. The highest BCUT2D eigenvalue weighted by atomic mass is 35.5. The number of rotatable bonds is 7. The minimum atomic E-state index is -1.21. The zero-order valence-electron chi connectivity index (χ0n) is 22.0. The number of carbonyl (C=O) groups excluding carboxylic acids is 2. The van der Waals surface area contributed by atoms with Gasteiger partial charge in [0.25, 0.3) is 0 Å². The van der Waals surface area contributed by atoms with E-state index in [2.05, 4.69) is 4.98 Å². The first-order valence-electron chi connectivity index (χ1n) is 13.4. The van der Waals surface area contributed by atoms with Crippen LogP contribution in [-0.4, -0.2) is 51.7 Å². The number of carboxylic acids is 1. The van der Waals surface area contributed by atoms with Crippen molar-refractivity contribution in [2.45, 2.75) is 29.2 Å². The van der Waals surface area contributed by atoms with Crippen LogP contribution in [0.2, 0.25) is 10.0 Å². The Morgan fingerprint density at radius 2 is 1.83 bits per heavy atom. The average Bonchev–Trinajstić information content (AvgIpc) is 3.68. The second-order valence-electron chi connectivity index (χ2n) is 11.1. The van der Waals surface area contributed by atoms with E-state index in [-0.39, 0.29) is 46.3 Å². The fourth-order valence-electron chi connectivity index (χ4n) is 7.53. The maximum atomic E-state index is 13.4. The van der Waals surface area contributed by atoms with E-state index in [1.807, 2.05) is 18.2 Å². The van der Waals surface area contributed by atoms with E-state index in [1.54, 1.807) is 37.1 Å². The second kappa shape index (κ2) is 10.3. The number of nitrogens with zero attached hydrogens (tertiary/aromatic N) is 1. The number of hydrogen-bond acceptors (Lipinski definition) is 8. The molecule has 218 valence electrons. The van der Waals surface area contributed by atoms with E-state index in [0.717, 1.165) is 37.3 Å². The number of halogens is 2. The van der Waals surface area contributed by atoms with Crippen molar-refractivity contribution < 1.29 is 29.0 Å².